The van der Waals surface area contributed by atoms with Gasteiger partial charge in [0.2, 0.25) is 0 Å². The topological polar surface area (TPSA) is 34.5 Å². The number of rotatable bonds is 9. The molecule has 1 aliphatic rings. The number of carbonyl (C=O) groups excluding carboxylic acids is 1. The minimum Gasteiger partial charge on any atom is -0.466 e. The second-order valence-corrected chi connectivity index (χ2v) is 9.07. The van der Waals surface area contributed by atoms with E-state index in [9.17, 15) is 4.79 Å². The van der Waals surface area contributed by atoms with Crippen LogP contribution >= 0.6 is 0 Å². The lowest BCUT2D eigenvalue weighted by Gasteiger charge is -2.16. The molecule has 1 aliphatic carbocycles. The molecule has 0 spiro atoms. The second-order valence-electron chi connectivity index (χ2n) is 9.07. The summed E-state index contributed by atoms with van der Waals surface area (Å²) in [5.41, 5.74) is 8.26. The predicted molar refractivity (Wildman–Crippen MR) is 133 cm³/mol. The molecule has 0 bridgehead atoms. The number of hydrogen-bond donors (Lipinski definition) is 0. The number of benzene rings is 2. The third-order valence-electron chi connectivity index (χ3n) is 6.66. The van der Waals surface area contributed by atoms with Gasteiger partial charge in [-0.3, -0.25) is 4.79 Å². The van der Waals surface area contributed by atoms with E-state index in [0.29, 0.717) is 13.0 Å². The number of nitrogens with zero attached hydrogens (tertiary/aromatic N) is 2. The average Bonchev–Trinajstić information content (AvgIpc) is 3.12. The zero-order valence-electron chi connectivity index (χ0n) is 19.8. The molecule has 0 amide bonds. The van der Waals surface area contributed by atoms with Gasteiger partial charge < -0.3 is 14.2 Å². The molecule has 4 nitrogen and oxygen atoms in total. The van der Waals surface area contributed by atoms with Crippen molar-refractivity contribution in [1.29, 1.82) is 0 Å². The molecule has 32 heavy (non-hydrogen) atoms. The maximum atomic E-state index is 11.6. The summed E-state index contributed by atoms with van der Waals surface area (Å²) in [7, 11) is 4.15. The Morgan fingerprint density at radius 3 is 2.47 bits per heavy atom. The number of fused-ring (bicyclic) bond motifs is 3. The molecule has 1 aromatic heterocycles. The largest absolute Gasteiger partial charge is 0.466 e. The van der Waals surface area contributed by atoms with E-state index in [1.54, 1.807) is 5.56 Å². The Morgan fingerprint density at radius 1 is 0.969 bits per heavy atom. The lowest BCUT2D eigenvalue weighted by molar-refractivity contribution is -0.143. The Morgan fingerprint density at radius 2 is 1.72 bits per heavy atom. The number of hydrogen-bond acceptors (Lipinski definition) is 3. The van der Waals surface area contributed by atoms with Gasteiger partial charge in [-0.1, -0.05) is 24.6 Å². The van der Waals surface area contributed by atoms with Gasteiger partial charge in [0.05, 0.1) is 6.61 Å². The molecule has 0 N–H and O–H groups in total. The molecule has 0 fully saturated rings. The lowest BCUT2D eigenvalue weighted by Crippen LogP contribution is -2.09. The van der Waals surface area contributed by atoms with Gasteiger partial charge in [-0.05, 0) is 86.4 Å². The summed E-state index contributed by atoms with van der Waals surface area (Å²) in [6.45, 7) is 3.37. The van der Waals surface area contributed by atoms with E-state index >= 15 is 0 Å². The van der Waals surface area contributed by atoms with Gasteiger partial charge in [-0.15, -0.1) is 0 Å². The van der Waals surface area contributed by atoms with E-state index in [1.165, 1.54) is 59.1 Å². The Hall–Kier alpha value is -2.75. The fraction of sp³-hybridized carbons (Fsp3) is 0.464. The summed E-state index contributed by atoms with van der Waals surface area (Å²) in [5.74, 6) is -0.0672. The van der Waals surface area contributed by atoms with Crippen molar-refractivity contribution in [1.82, 2.24) is 4.57 Å². The van der Waals surface area contributed by atoms with Crippen molar-refractivity contribution in [3.8, 4) is 11.1 Å². The normalized spacial score (nSPS) is 13.2. The summed E-state index contributed by atoms with van der Waals surface area (Å²) in [6, 6.07) is 15.8. The fourth-order valence-corrected chi connectivity index (χ4v) is 4.97. The van der Waals surface area contributed by atoms with E-state index in [4.69, 9.17) is 4.74 Å². The Bertz CT molecular complexity index is 1060. The van der Waals surface area contributed by atoms with E-state index in [2.05, 4.69) is 66.0 Å². The van der Waals surface area contributed by atoms with Crippen molar-refractivity contribution in [3.05, 3.63) is 53.7 Å². The highest BCUT2D eigenvalue weighted by Gasteiger charge is 2.20. The highest BCUT2D eigenvalue weighted by molar-refractivity contribution is 5.90. The van der Waals surface area contributed by atoms with Crippen molar-refractivity contribution in [2.75, 3.05) is 25.6 Å². The van der Waals surface area contributed by atoms with Crippen LogP contribution in [0.2, 0.25) is 0 Å². The van der Waals surface area contributed by atoms with Crippen molar-refractivity contribution in [2.45, 2.75) is 64.8 Å². The molecule has 0 saturated heterocycles. The number of unbranched alkanes of at least 4 members (excludes halogenated alkanes) is 2. The second kappa shape index (κ2) is 10.2. The third-order valence-corrected chi connectivity index (χ3v) is 6.66. The first-order valence-corrected chi connectivity index (χ1v) is 12.2. The Kier molecular flexibility index (Phi) is 7.19. The number of carbonyl (C=O) groups is 1. The molecule has 170 valence electrons. The first kappa shape index (κ1) is 22.4. The predicted octanol–water partition coefficient (Wildman–Crippen LogP) is 6.38. The molecule has 4 heteroatoms. The quantitative estimate of drug-likeness (QED) is 0.291. The van der Waals surface area contributed by atoms with Gasteiger partial charge in [-0.25, -0.2) is 0 Å². The molecule has 0 unspecified atom stereocenters. The van der Waals surface area contributed by atoms with Crippen LogP contribution in [0.25, 0.3) is 22.0 Å². The number of aryl methyl sites for hydroxylation is 2. The third kappa shape index (κ3) is 4.85. The average molecular weight is 433 g/mol. The van der Waals surface area contributed by atoms with E-state index < -0.39 is 0 Å². The SMILES string of the molecule is CCOC(=O)CCCCCn1c2c(c3cc(-c4ccc(N(C)C)cc4)ccc31)CCCC2. The molecular formula is C28H36N2O2. The lowest BCUT2D eigenvalue weighted by atomic mass is 9.94. The van der Waals surface area contributed by atoms with E-state index in [1.807, 2.05) is 6.92 Å². The van der Waals surface area contributed by atoms with Crippen LogP contribution in [0, 0.1) is 0 Å². The standard InChI is InChI=1S/C28H36N2O2/c1-4-32-28(31)12-6-5-9-19-30-26-11-8-7-10-24(26)25-20-22(15-18-27(25)30)21-13-16-23(17-14-21)29(2)3/h13-18,20H,4-12,19H2,1-3H3. The fourth-order valence-electron chi connectivity index (χ4n) is 4.97. The minimum atomic E-state index is -0.0672. The van der Waals surface area contributed by atoms with Crippen LogP contribution in [-0.4, -0.2) is 31.2 Å². The Balaban J connectivity index is 1.54. The molecule has 0 saturated carbocycles. The van der Waals surface area contributed by atoms with E-state index in [0.717, 1.165) is 25.8 Å². The Labute approximate surface area is 192 Å². The van der Waals surface area contributed by atoms with Gasteiger partial charge in [-0.2, -0.15) is 0 Å². The number of esters is 1. The van der Waals surface area contributed by atoms with Crippen LogP contribution in [0.15, 0.2) is 42.5 Å². The van der Waals surface area contributed by atoms with Gasteiger partial charge >= 0.3 is 5.97 Å². The van der Waals surface area contributed by atoms with E-state index in [-0.39, 0.29) is 5.97 Å². The van der Waals surface area contributed by atoms with Crippen LogP contribution in [-0.2, 0) is 28.9 Å². The van der Waals surface area contributed by atoms with Gasteiger partial charge in [0.15, 0.2) is 0 Å². The maximum Gasteiger partial charge on any atom is 0.305 e. The first-order valence-electron chi connectivity index (χ1n) is 12.2. The molecule has 0 aliphatic heterocycles. The highest BCUT2D eigenvalue weighted by atomic mass is 16.5. The molecule has 4 rings (SSSR count). The molecule has 2 aromatic carbocycles. The smallest absolute Gasteiger partial charge is 0.305 e. The summed E-state index contributed by atoms with van der Waals surface area (Å²) < 4.78 is 7.61. The van der Waals surface area contributed by atoms with Gasteiger partial charge in [0.1, 0.15) is 0 Å². The van der Waals surface area contributed by atoms with Crippen molar-refractivity contribution < 1.29 is 9.53 Å². The monoisotopic (exact) mass is 432 g/mol. The van der Waals surface area contributed by atoms with Crippen LogP contribution < -0.4 is 4.90 Å². The summed E-state index contributed by atoms with van der Waals surface area (Å²) in [5, 5.41) is 1.43. The van der Waals surface area contributed by atoms with Gasteiger partial charge in [0, 0.05) is 49.3 Å². The van der Waals surface area contributed by atoms with Crippen LogP contribution in [0.3, 0.4) is 0 Å². The zero-order valence-corrected chi connectivity index (χ0v) is 19.8. The van der Waals surface area contributed by atoms with Gasteiger partial charge in [0.25, 0.3) is 0 Å². The summed E-state index contributed by atoms with van der Waals surface area (Å²) in [6.07, 6.45) is 8.54. The van der Waals surface area contributed by atoms with Crippen LogP contribution in [0.4, 0.5) is 5.69 Å². The van der Waals surface area contributed by atoms with Crippen molar-refractivity contribution >= 4 is 22.6 Å². The number of ether oxygens (including phenoxy) is 1. The molecule has 1 heterocycles. The zero-order chi connectivity index (χ0) is 22.5. The minimum absolute atomic E-state index is 0.0672. The van der Waals surface area contributed by atoms with Crippen LogP contribution in [0.1, 0.15) is 56.7 Å². The van der Waals surface area contributed by atoms with Crippen molar-refractivity contribution in [2.24, 2.45) is 0 Å². The first-order chi connectivity index (χ1) is 15.6. The molecule has 3 aromatic rings. The highest BCUT2D eigenvalue weighted by Crippen LogP contribution is 2.35. The van der Waals surface area contributed by atoms with Crippen molar-refractivity contribution in [3.63, 3.8) is 0 Å². The summed E-state index contributed by atoms with van der Waals surface area (Å²) in [4.78, 5) is 13.7. The number of aromatic nitrogens is 1. The molecule has 0 radical (unpaired) electrons. The maximum absolute atomic E-state index is 11.6. The molecule has 0 atom stereocenters. The summed E-state index contributed by atoms with van der Waals surface area (Å²) >= 11 is 0. The molecular weight excluding hydrogens is 396 g/mol. The van der Waals surface area contributed by atoms with Crippen LogP contribution in [0.5, 0.6) is 0 Å². The number of anilines is 1.